The highest BCUT2D eigenvalue weighted by Crippen LogP contribution is 2.20. The summed E-state index contributed by atoms with van der Waals surface area (Å²) in [6, 6.07) is 0. The van der Waals surface area contributed by atoms with Crippen molar-refractivity contribution in [2.75, 3.05) is 34.7 Å². The van der Waals surface area contributed by atoms with Gasteiger partial charge in [-0.1, -0.05) is 20.8 Å². The molecule has 15 heavy (non-hydrogen) atoms. The SMILES string of the molecule is CN(C)C(=NCCCC(C)(C)C)N(C)C. The lowest BCUT2D eigenvalue weighted by atomic mass is 9.91. The number of hydrogen-bond acceptors (Lipinski definition) is 1. The van der Waals surface area contributed by atoms with Gasteiger partial charge in [-0.3, -0.25) is 4.99 Å². The lowest BCUT2D eigenvalue weighted by molar-refractivity contribution is 0.367. The standard InChI is InChI=1S/C12H27N3/c1-12(2,3)9-8-10-13-11(14(4)5)15(6)7/h8-10H2,1-7H3. The first kappa shape index (κ1) is 14.3. The monoisotopic (exact) mass is 213 g/mol. The minimum atomic E-state index is 0.423. The number of nitrogens with zero attached hydrogens (tertiary/aromatic N) is 3. The molecule has 0 heterocycles. The maximum absolute atomic E-state index is 4.59. The van der Waals surface area contributed by atoms with Crippen molar-refractivity contribution in [3.63, 3.8) is 0 Å². The number of aliphatic imine (C=N–C) groups is 1. The molecule has 3 heteroatoms. The summed E-state index contributed by atoms with van der Waals surface area (Å²) in [6.07, 6.45) is 2.39. The Hall–Kier alpha value is -0.730. The van der Waals surface area contributed by atoms with E-state index >= 15 is 0 Å². The summed E-state index contributed by atoms with van der Waals surface area (Å²) in [4.78, 5) is 8.70. The molecule has 0 amide bonds. The van der Waals surface area contributed by atoms with Gasteiger partial charge >= 0.3 is 0 Å². The molecule has 0 saturated carbocycles. The van der Waals surface area contributed by atoms with Gasteiger partial charge in [0.15, 0.2) is 5.96 Å². The fourth-order valence-electron chi connectivity index (χ4n) is 1.47. The van der Waals surface area contributed by atoms with E-state index in [1.54, 1.807) is 0 Å². The average molecular weight is 213 g/mol. The van der Waals surface area contributed by atoms with E-state index in [1.165, 1.54) is 6.42 Å². The second-order valence-electron chi connectivity index (χ2n) is 5.63. The lowest BCUT2D eigenvalue weighted by Gasteiger charge is -2.23. The first-order valence-electron chi connectivity index (χ1n) is 5.63. The maximum Gasteiger partial charge on any atom is 0.195 e. The Morgan fingerprint density at radius 1 is 1.00 bits per heavy atom. The lowest BCUT2D eigenvalue weighted by Crippen LogP contribution is -2.35. The fraction of sp³-hybridized carbons (Fsp3) is 0.917. The molecule has 0 aromatic rings. The Morgan fingerprint density at radius 3 is 1.80 bits per heavy atom. The first-order chi connectivity index (χ1) is 6.74. The van der Waals surface area contributed by atoms with Crippen LogP contribution in [-0.4, -0.2) is 50.5 Å². The van der Waals surface area contributed by atoms with E-state index in [2.05, 4.69) is 35.6 Å². The van der Waals surface area contributed by atoms with Gasteiger partial charge in [0.25, 0.3) is 0 Å². The van der Waals surface area contributed by atoms with Crippen molar-refractivity contribution >= 4 is 5.96 Å². The van der Waals surface area contributed by atoms with Gasteiger partial charge in [0.05, 0.1) is 0 Å². The molecule has 0 spiro atoms. The molecule has 0 aromatic heterocycles. The van der Waals surface area contributed by atoms with Crippen molar-refractivity contribution < 1.29 is 0 Å². The van der Waals surface area contributed by atoms with Crippen LogP contribution in [0.3, 0.4) is 0 Å². The van der Waals surface area contributed by atoms with E-state index in [4.69, 9.17) is 0 Å². The van der Waals surface area contributed by atoms with E-state index < -0.39 is 0 Å². The van der Waals surface area contributed by atoms with Gasteiger partial charge in [-0.25, -0.2) is 0 Å². The highest BCUT2D eigenvalue weighted by atomic mass is 15.3. The topological polar surface area (TPSA) is 18.8 Å². The summed E-state index contributed by atoms with van der Waals surface area (Å²) in [7, 11) is 8.12. The molecule has 0 unspecified atom stereocenters. The quantitative estimate of drug-likeness (QED) is 0.407. The maximum atomic E-state index is 4.59. The van der Waals surface area contributed by atoms with Crippen LogP contribution in [0.1, 0.15) is 33.6 Å². The van der Waals surface area contributed by atoms with Crippen LogP contribution in [0, 0.1) is 5.41 Å². The normalized spacial score (nSPS) is 11.1. The Labute approximate surface area is 95.2 Å². The van der Waals surface area contributed by atoms with Crippen molar-refractivity contribution in [1.29, 1.82) is 0 Å². The number of guanidine groups is 1. The first-order valence-corrected chi connectivity index (χ1v) is 5.63. The smallest absolute Gasteiger partial charge is 0.195 e. The molecule has 0 bridgehead atoms. The predicted molar refractivity (Wildman–Crippen MR) is 68.4 cm³/mol. The zero-order chi connectivity index (χ0) is 12.1. The van der Waals surface area contributed by atoms with Crippen molar-refractivity contribution in [3.8, 4) is 0 Å². The second-order valence-corrected chi connectivity index (χ2v) is 5.63. The molecular weight excluding hydrogens is 186 g/mol. The third-order valence-corrected chi connectivity index (χ3v) is 2.14. The molecule has 3 nitrogen and oxygen atoms in total. The van der Waals surface area contributed by atoms with E-state index in [-0.39, 0.29) is 0 Å². The summed E-state index contributed by atoms with van der Waals surface area (Å²) in [5, 5.41) is 0. The minimum Gasteiger partial charge on any atom is -0.349 e. The molecular formula is C12H27N3. The average Bonchev–Trinajstić information content (AvgIpc) is 2.00. The Bertz CT molecular complexity index is 189. The van der Waals surface area contributed by atoms with Crippen LogP contribution < -0.4 is 0 Å². The van der Waals surface area contributed by atoms with Gasteiger partial charge in [0.2, 0.25) is 0 Å². The van der Waals surface area contributed by atoms with Crippen LogP contribution in [0.2, 0.25) is 0 Å². The van der Waals surface area contributed by atoms with E-state index in [0.29, 0.717) is 5.41 Å². The Kier molecular flexibility index (Phi) is 5.69. The zero-order valence-corrected chi connectivity index (χ0v) is 11.5. The fourth-order valence-corrected chi connectivity index (χ4v) is 1.47. The molecule has 0 atom stereocenters. The number of rotatable bonds is 3. The summed E-state index contributed by atoms with van der Waals surface area (Å²) in [6.45, 7) is 7.74. The van der Waals surface area contributed by atoms with Gasteiger partial charge in [0.1, 0.15) is 0 Å². The van der Waals surface area contributed by atoms with Crippen molar-refractivity contribution in [2.24, 2.45) is 10.4 Å². The molecule has 0 aliphatic rings. The largest absolute Gasteiger partial charge is 0.349 e. The molecule has 0 aliphatic heterocycles. The molecule has 0 rings (SSSR count). The van der Waals surface area contributed by atoms with Crippen LogP contribution in [-0.2, 0) is 0 Å². The third kappa shape index (κ3) is 7.23. The minimum absolute atomic E-state index is 0.423. The molecule has 0 aromatic carbocycles. The second kappa shape index (κ2) is 5.99. The van der Waals surface area contributed by atoms with Crippen LogP contribution in [0.25, 0.3) is 0 Å². The Balaban J connectivity index is 4.02. The van der Waals surface area contributed by atoms with Crippen molar-refractivity contribution in [2.45, 2.75) is 33.6 Å². The highest BCUT2D eigenvalue weighted by molar-refractivity contribution is 5.79. The molecule has 90 valence electrons. The van der Waals surface area contributed by atoms with E-state index in [0.717, 1.165) is 18.9 Å². The van der Waals surface area contributed by atoms with Crippen molar-refractivity contribution in [3.05, 3.63) is 0 Å². The van der Waals surface area contributed by atoms with E-state index in [1.807, 2.05) is 28.2 Å². The van der Waals surface area contributed by atoms with Crippen LogP contribution >= 0.6 is 0 Å². The van der Waals surface area contributed by atoms with Gasteiger partial charge in [-0.2, -0.15) is 0 Å². The predicted octanol–water partition coefficient (Wildman–Crippen LogP) is 2.29. The molecule has 0 saturated heterocycles. The molecule has 0 radical (unpaired) electrons. The van der Waals surface area contributed by atoms with Gasteiger partial charge in [0, 0.05) is 34.7 Å². The summed E-state index contributed by atoms with van der Waals surface area (Å²) < 4.78 is 0. The van der Waals surface area contributed by atoms with E-state index in [9.17, 15) is 0 Å². The summed E-state index contributed by atoms with van der Waals surface area (Å²) in [5.74, 6) is 1.05. The summed E-state index contributed by atoms with van der Waals surface area (Å²) in [5.41, 5.74) is 0.423. The zero-order valence-electron chi connectivity index (χ0n) is 11.5. The molecule has 0 N–H and O–H groups in total. The van der Waals surface area contributed by atoms with Gasteiger partial charge < -0.3 is 9.80 Å². The molecule has 0 aliphatic carbocycles. The van der Waals surface area contributed by atoms with Gasteiger partial charge in [-0.05, 0) is 18.3 Å². The van der Waals surface area contributed by atoms with Crippen molar-refractivity contribution in [1.82, 2.24) is 9.80 Å². The van der Waals surface area contributed by atoms with Crippen LogP contribution in [0.15, 0.2) is 4.99 Å². The van der Waals surface area contributed by atoms with Crippen LogP contribution in [0.4, 0.5) is 0 Å². The molecule has 0 fully saturated rings. The Morgan fingerprint density at radius 2 is 1.47 bits per heavy atom. The highest BCUT2D eigenvalue weighted by Gasteiger charge is 2.09. The third-order valence-electron chi connectivity index (χ3n) is 2.14. The number of hydrogen-bond donors (Lipinski definition) is 0. The summed E-state index contributed by atoms with van der Waals surface area (Å²) >= 11 is 0. The van der Waals surface area contributed by atoms with Crippen LogP contribution in [0.5, 0.6) is 0 Å². The van der Waals surface area contributed by atoms with Gasteiger partial charge in [-0.15, -0.1) is 0 Å².